The Balaban J connectivity index is 1.56. The molecule has 182 valence electrons. The number of ether oxygens (including phenoxy) is 1. The second-order valence-electron chi connectivity index (χ2n) is 8.54. The number of nitrogens with one attached hydrogen (secondary N) is 1. The van der Waals surface area contributed by atoms with E-state index < -0.39 is 5.82 Å². The molecule has 0 bridgehead atoms. The third-order valence-corrected chi connectivity index (χ3v) is 6.23. The highest BCUT2D eigenvalue weighted by Crippen LogP contribution is 2.35. The van der Waals surface area contributed by atoms with E-state index in [0.717, 1.165) is 19.6 Å². The summed E-state index contributed by atoms with van der Waals surface area (Å²) in [7, 11) is 1.48. The van der Waals surface area contributed by atoms with E-state index in [4.69, 9.17) is 10.5 Å². The number of aromatic nitrogens is 4. The van der Waals surface area contributed by atoms with Crippen LogP contribution in [0.25, 0.3) is 28.0 Å². The number of anilines is 2. The summed E-state index contributed by atoms with van der Waals surface area (Å²) in [4.78, 5) is 11.6. The maximum atomic E-state index is 15.1. The molecule has 0 unspecified atom stereocenters. The maximum Gasteiger partial charge on any atom is 0.225 e. The fourth-order valence-corrected chi connectivity index (χ4v) is 4.39. The molecule has 10 heteroatoms. The quantitative estimate of drug-likeness (QED) is 0.409. The maximum absolute atomic E-state index is 15.1. The highest BCUT2D eigenvalue weighted by Gasteiger charge is 2.21. The van der Waals surface area contributed by atoms with Crippen molar-refractivity contribution in [2.45, 2.75) is 19.3 Å². The number of rotatable bonds is 7. The summed E-state index contributed by atoms with van der Waals surface area (Å²) in [5.41, 5.74) is 7.90. The van der Waals surface area contributed by atoms with Crippen LogP contribution in [0.3, 0.4) is 0 Å². The van der Waals surface area contributed by atoms with Gasteiger partial charge in [0.2, 0.25) is 5.95 Å². The molecule has 0 atom stereocenters. The standard InChI is InChI=1S/C25H27F2N7O/c1-35-18-9-10-19(20(27)15-18)22-21-23(28)34(17-7-5-16(26)6-8-17)32-24(21)31-25(30-22)29-11-14-33-12-3-2-4-13-33/h5-10,15H,2-4,11-14,28H2,1H3,(H,29,31,32). The first-order valence-corrected chi connectivity index (χ1v) is 11.7. The summed E-state index contributed by atoms with van der Waals surface area (Å²) in [6.45, 7) is 3.68. The van der Waals surface area contributed by atoms with Gasteiger partial charge in [-0.15, -0.1) is 5.10 Å². The van der Waals surface area contributed by atoms with E-state index in [9.17, 15) is 4.39 Å². The summed E-state index contributed by atoms with van der Waals surface area (Å²) in [5.74, 6) is 0.0918. The van der Waals surface area contributed by atoms with Gasteiger partial charge >= 0.3 is 0 Å². The fourth-order valence-electron chi connectivity index (χ4n) is 4.39. The van der Waals surface area contributed by atoms with Crippen molar-refractivity contribution in [3.63, 3.8) is 0 Å². The fraction of sp³-hybridized carbons (Fsp3) is 0.320. The number of likely N-dealkylation sites (tertiary alicyclic amines) is 1. The van der Waals surface area contributed by atoms with E-state index in [0.29, 0.717) is 40.7 Å². The van der Waals surface area contributed by atoms with Gasteiger partial charge in [0.25, 0.3) is 0 Å². The number of piperidine rings is 1. The predicted octanol–water partition coefficient (Wildman–Crippen LogP) is 4.25. The van der Waals surface area contributed by atoms with Gasteiger partial charge in [0.15, 0.2) is 5.65 Å². The van der Waals surface area contributed by atoms with Crippen molar-refractivity contribution < 1.29 is 13.5 Å². The lowest BCUT2D eigenvalue weighted by atomic mass is 10.1. The van der Waals surface area contributed by atoms with Crippen molar-refractivity contribution in [2.75, 3.05) is 44.3 Å². The molecule has 2 aromatic carbocycles. The molecule has 5 rings (SSSR count). The normalized spacial score (nSPS) is 14.4. The van der Waals surface area contributed by atoms with E-state index in [1.165, 1.54) is 49.3 Å². The number of nitrogens with two attached hydrogens (primary N) is 1. The van der Waals surface area contributed by atoms with Crippen molar-refractivity contribution in [3.05, 3.63) is 54.1 Å². The van der Waals surface area contributed by atoms with E-state index in [-0.39, 0.29) is 17.2 Å². The minimum Gasteiger partial charge on any atom is -0.497 e. The van der Waals surface area contributed by atoms with Gasteiger partial charge in [0, 0.05) is 24.7 Å². The van der Waals surface area contributed by atoms with E-state index in [1.807, 2.05) is 0 Å². The Labute approximate surface area is 201 Å². The van der Waals surface area contributed by atoms with E-state index in [1.54, 1.807) is 24.3 Å². The highest BCUT2D eigenvalue weighted by atomic mass is 19.1. The number of halogens is 2. The van der Waals surface area contributed by atoms with Crippen LogP contribution in [0.1, 0.15) is 19.3 Å². The molecule has 1 saturated heterocycles. The molecule has 1 fully saturated rings. The summed E-state index contributed by atoms with van der Waals surface area (Å²) < 4.78 is 35.2. The average Bonchev–Trinajstić information content (AvgIpc) is 3.21. The Kier molecular flexibility index (Phi) is 6.45. The molecular formula is C25H27F2N7O. The minimum absolute atomic E-state index is 0.233. The molecule has 0 aliphatic carbocycles. The highest BCUT2D eigenvalue weighted by molar-refractivity contribution is 5.99. The van der Waals surface area contributed by atoms with Crippen LogP contribution in [0.4, 0.5) is 20.5 Å². The summed E-state index contributed by atoms with van der Waals surface area (Å²) in [5, 5.41) is 8.22. The Morgan fingerprint density at radius 1 is 1.03 bits per heavy atom. The molecule has 0 amide bonds. The van der Waals surface area contributed by atoms with Crippen LogP contribution in [0, 0.1) is 11.6 Å². The topological polar surface area (TPSA) is 94.1 Å². The molecule has 3 heterocycles. The van der Waals surface area contributed by atoms with Crippen molar-refractivity contribution >= 4 is 22.8 Å². The third-order valence-electron chi connectivity index (χ3n) is 6.23. The summed E-state index contributed by atoms with van der Waals surface area (Å²) in [6.07, 6.45) is 3.70. The van der Waals surface area contributed by atoms with Gasteiger partial charge < -0.3 is 20.7 Å². The van der Waals surface area contributed by atoms with Gasteiger partial charge in [0.05, 0.1) is 23.9 Å². The number of nitrogen functional groups attached to an aromatic ring is 1. The molecule has 1 aliphatic heterocycles. The van der Waals surface area contributed by atoms with E-state index in [2.05, 4.69) is 25.3 Å². The predicted molar refractivity (Wildman–Crippen MR) is 132 cm³/mol. The minimum atomic E-state index is -0.502. The first-order valence-electron chi connectivity index (χ1n) is 11.7. The molecule has 1 aliphatic rings. The molecule has 0 saturated carbocycles. The molecule has 4 aromatic rings. The first kappa shape index (κ1) is 23.0. The van der Waals surface area contributed by atoms with Crippen molar-refractivity contribution in [2.24, 2.45) is 0 Å². The summed E-state index contributed by atoms with van der Waals surface area (Å²) >= 11 is 0. The largest absolute Gasteiger partial charge is 0.497 e. The van der Waals surface area contributed by atoms with Gasteiger partial charge in [-0.2, -0.15) is 4.98 Å². The number of hydrogen-bond donors (Lipinski definition) is 2. The van der Waals surface area contributed by atoms with Crippen LogP contribution in [-0.2, 0) is 0 Å². The summed E-state index contributed by atoms with van der Waals surface area (Å²) in [6, 6.07) is 10.3. The van der Waals surface area contributed by atoms with Crippen LogP contribution < -0.4 is 15.8 Å². The number of nitrogens with zero attached hydrogens (tertiary/aromatic N) is 5. The molecular weight excluding hydrogens is 452 g/mol. The van der Waals surface area contributed by atoms with Crippen LogP contribution in [0.5, 0.6) is 5.75 Å². The van der Waals surface area contributed by atoms with Crippen LogP contribution in [-0.4, -0.2) is 57.9 Å². The van der Waals surface area contributed by atoms with Gasteiger partial charge in [-0.3, -0.25) is 0 Å². The molecule has 0 spiro atoms. The van der Waals surface area contributed by atoms with Gasteiger partial charge in [0.1, 0.15) is 23.2 Å². The van der Waals surface area contributed by atoms with Gasteiger partial charge in [-0.1, -0.05) is 6.42 Å². The average molecular weight is 480 g/mol. The second kappa shape index (κ2) is 9.83. The Morgan fingerprint density at radius 2 is 1.80 bits per heavy atom. The zero-order valence-corrected chi connectivity index (χ0v) is 19.5. The third kappa shape index (κ3) is 4.74. The number of fused-ring (bicyclic) bond motifs is 1. The lowest BCUT2D eigenvalue weighted by Crippen LogP contribution is -2.33. The van der Waals surface area contributed by atoms with Crippen molar-refractivity contribution in [1.82, 2.24) is 24.6 Å². The molecule has 8 nitrogen and oxygen atoms in total. The molecule has 3 N–H and O–H groups in total. The Morgan fingerprint density at radius 3 is 2.51 bits per heavy atom. The van der Waals surface area contributed by atoms with Crippen LogP contribution in [0.2, 0.25) is 0 Å². The SMILES string of the molecule is COc1ccc(-c2nc(NCCN3CCCCC3)nc3nn(-c4ccc(F)cc4)c(N)c23)c(F)c1. The van der Waals surface area contributed by atoms with Gasteiger partial charge in [-0.25, -0.2) is 18.4 Å². The Bertz CT molecular complexity index is 1330. The molecule has 2 aromatic heterocycles. The number of methoxy groups -OCH3 is 1. The monoisotopic (exact) mass is 479 g/mol. The molecule has 35 heavy (non-hydrogen) atoms. The van der Waals surface area contributed by atoms with Crippen molar-refractivity contribution in [1.29, 1.82) is 0 Å². The Hall–Kier alpha value is -3.79. The first-order chi connectivity index (χ1) is 17.0. The zero-order chi connectivity index (χ0) is 24.4. The van der Waals surface area contributed by atoms with Crippen LogP contribution >= 0.6 is 0 Å². The molecule has 0 radical (unpaired) electrons. The van der Waals surface area contributed by atoms with E-state index >= 15 is 4.39 Å². The second-order valence-corrected chi connectivity index (χ2v) is 8.54. The lowest BCUT2D eigenvalue weighted by molar-refractivity contribution is 0.237. The van der Waals surface area contributed by atoms with Crippen LogP contribution in [0.15, 0.2) is 42.5 Å². The zero-order valence-electron chi connectivity index (χ0n) is 19.5. The number of hydrogen-bond acceptors (Lipinski definition) is 7. The lowest BCUT2D eigenvalue weighted by Gasteiger charge is -2.26. The van der Waals surface area contributed by atoms with Crippen molar-refractivity contribution in [3.8, 4) is 22.7 Å². The van der Waals surface area contributed by atoms with Gasteiger partial charge in [-0.05, 0) is 62.3 Å². The smallest absolute Gasteiger partial charge is 0.225 e. The number of benzene rings is 2.